The van der Waals surface area contributed by atoms with Gasteiger partial charge in [0.25, 0.3) is 0 Å². The number of carbonyl (C=O) groups excluding carboxylic acids is 1. The number of benzene rings is 1. The topological polar surface area (TPSA) is 29.5 Å². The third-order valence-corrected chi connectivity index (χ3v) is 5.00. The minimum absolute atomic E-state index is 0.280. The first-order valence-corrected chi connectivity index (χ1v) is 7.52. The van der Waals surface area contributed by atoms with E-state index in [-0.39, 0.29) is 5.91 Å². The predicted molar refractivity (Wildman–Crippen MR) is 78.5 cm³/mol. The summed E-state index contributed by atoms with van der Waals surface area (Å²) in [5, 5.41) is 0. The van der Waals surface area contributed by atoms with Crippen LogP contribution >= 0.6 is 0 Å². The van der Waals surface area contributed by atoms with E-state index in [1.807, 2.05) is 12.1 Å². The maximum absolute atomic E-state index is 12.4. The van der Waals surface area contributed by atoms with E-state index in [2.05, 4.69) is 24.0 Å². The molecule has 0 aromatic heterocycles. The molecule has 1 aliphatic carbocycles. The van der Waals surface area contributed by atoms with Gasteiger partial charge in [-0.15, -0.1) is 0 Å². The average Bonchev–Trinajstić information content (AvgIpc) is 2.99. The van der Waals surface area contributed by atoms with Crippen molar-refractivity contribution in [3.05, 3.63) is 35.4 Å². The monoisotopic (exact) mass is 273 g/mol. The van der Waals surface area contributed by atoms with Gasteiger partial charge in [0.1, 0.15) is 0 Å². The molecule has 1 aromatic rings. The lowest BCUT2D eigenvalue weighted by Crippen LogP contribution is -2.31. The van der Waals surface area contributed by atoms with Crippen LogP contribution in [0.2, 0.25) is 0 Å². The normalized spacial score (nSPS) is 28.7. The number of ether oxygens (including phenoxy) is 1. The molecule has 1 amide bonds. The maximum atomic E-state index is 12.4. The van der Waals surface area contributed by atoms with Crippen molar-refractivity contribution in [3.8, 4) is 0 Å². The number of methoxy groups -OCH3 is 1. The number of amides is 1. The zero-order valence-corrected chi connectivity index (χ0v) is 12.3. The quantitative estimate of drug-likeness (QED) is 0.846. The molecular weight excluding hydrogens is 250 g/mol. The Hall–Kier alpha value is -1.35. The third kappa shape index (κ3) is 2.59. The largest absolute Gasteiger partial charge is 0.381 e. The lowest BCUT2D eigenvalue weighted by atomic mass is 10.0. The fraction of sp³-hybridized carbons (Fsp3) is 0.588. The molecule has 3 atom stereocenters. The van der Waals surface area contributed by atoms with Crippen molar-refractivity contribution < 1.29 is 9.53 Å². The number of hydrogen-bond acceptors (Lipinski definition) is 2. The smallest absolute Gasteiger partial charge is 0.227 e. The van der Waals surface area contributed by atoms with Crippen molar-refractivity contribution in [2.45, 2.75) is 32.3 Å². The molecule has 1 aliphatic heterocycles. The second kappa shape index (κ2) is 5.57. The molecule has 20 heavy (non-hydrogen) atoms. The first-order valence-electron chi connectivity index (χ1n) is 7.52. The van der Waals surface area contributed by atoms with Gasteiger partial charge in [-0.1, -0.05) is 24.3 Å². The van der Waals surface area contributed by atoms with Crippen LogP contribution in [-0.4, -0.2) is 37.1 Å². The van der Waals surface area contributed by atoms with Crippen LogP contribution < -0.4 is 0 Å². The van der Waals surface area contributed by atoms with E-state index >= 15 is 0 Å². The van der Waals surface area contributed by atoms with Crippen molar-refractivity contribution in [3.63, 3.8) is 0 Å². The number of hydrogen-bond donors (Lipinski definition) is 0. The number of likely N-dealkylation sites (tertiary alicyclic amines) is 1. The molecular formula is C17H23NO2. The Bertz CT molecular complexity index is 486. The lowest BCUT2D eigenvalue weighted by Gasteiger charge is -2.19. The van der Waals surface area contributed by atoms with Crippen molar-refractivity contribution in [2.24, 2.45) is 11.8 Å². The molecule has 2 fully saturated rings. The van der Waals surface area contributed by atoms with Gasteiger partial charge in [-0.05, 0) is 42.7 Å². The fourth-order valence-electron chi connectivity index (χ4n) is 3.72. The molecule has 0 bridgehead atoms. The minimum atomic E-state index is 0.280. The van der Waals surface area contributed by atoms with Gasteiger partial charge < -0.3 is 9.64 Å². The van der Waals surface area contributed by atoms with Crippen LogP contribution in [0.4, 0.5) is 0 Å². The van der Waals surface area contributed by atoms with Gasteiger partial charge in [-0.25, -0.2) is 0 Å². The summed E-state index contributed by atoms with van der Waals surface area (Å²) in [5.74, 6) is 1.59. The summed E-state index contributed by atoms with van der Waals surface area (Å²) in [4.78, 5) is 14.5. The van der Waals surface area contributed by atoms with Crippen LogP contribution in [-0.2, 0) is 16.0 Å². The number of carbonyl (C=O) groups is 1. The molecule has 108 valence electrons. The van der Waals surface area contributed by atoms with Gasteiger partial charge >= 0.3 is 0 Å². The minimum Gasteiger partial charge on any atom is -0.381 e. The Balaban J connectivity index is 1.59. The Kier molecular flexibility index (Phi) is 3.79. The van der Waals surface area contributed by atoms with Crippen molar-refractivity contribution >= 4 is 5.91 Å². The van der Waals surface area contributed by atoms with Gasteiger partial charge in [0, 0.05) is 20.2 Å². The highest BCUT2D eigenvalue weighted by atomic mass is 16.5. The van der Waals surface area contributed by atoms with E-state index in [0.29, 0.717) is 24.4 Å². The summed E-state index contributed by atoms with van der Waals surface area (Å²) >= 11 is 0. The molecule has 3 nitrogen and oxygen atoms in total. The zero-order valence-electron chi connectivity index (χ0n) is 12.3. The van der Waals surface area contributed by atoms with Gasteiger partial charge in [0.15, 0.2) is 0 Å². The Labute approximate surface area is 120 Å². The summed E-state index contributed by atoms with van der Waals surface area (Å²) < 4.78 is 5.45. The van der Waals surface area contributed by atoms with Crippen LogP contribution in [0.3, 0.4) is 0 Å². The van der Waals surface area contributed by atoms with Gasteiger partial charge in [0.05, 0.1) is 12.5 Å². The first-order chi connectivity index (χ1) is 9.67. The SMILES string of the molecule is COC1C[C@@H]2CN(C(=O)Cc3ccccc3C)C[C@@H]2C1. The average molecular weight is 273 g/mol. The van der Waals surface area contributed by atoms with E-state index < -0.39 is 0 Å². The predicted octanol–water partition coefficient (Wildman–Crippen LogP) is 2.42. The standard InChI is InChI=1S/C17H23NO2/c1-12-5-3-4-6-13(12)9-17(19)18-10-14-7-16(20-2)8-15(14)11-18/h3-6,14-16H,7-11H2,1-2H3/t14-,15+,16?. The molecule has 3 rings (SSSR count). The highest BCUT2D eigenvalue weighted by Gasteiger charge is 2.42. The fourth-order valence-corrected chi connectivity index (χ4v) is 3.72. The summed E-state index contributed by atoms with van der Waals surface area (Å²) in [7, 11) is 1.80. The van der Waals surface area contributed by atoms with Crippen molar-refractivity contribution in [1.29, 1.82) is 0 Å². The van der Waals surface area contributed by atoms with E-state index in [4.69, 9.17) is 4.74 Å². The number of nitrogens with zero attached hydrogens (tertiary/aromatic N) is 1. The summed E-state index contributed by atoms with van der Waals surface area (Å²) in [6.07, 6.45) is 3.20. The molecule has 1 saturated heterocycles. The first kappa shape index (κ1) is 13.6. The lowest BCUT2D eigenvalue weighted by molar-refractivity contribution is -0.129. The Morgan fingerprint density at radius 3 is 2.50 bits per heavy atom. The molecule has 1 aromatic carbocycles. The molecule has 0 N–H and O–H groups in total. The second-order valence-electron chi connectivity index (χ2n) is 6.25. The van der Waals surface area contributed by atoms with Crippen LogP contribution in [0.1, 0.15) is 24.0 Å². The van der Waals surface area contributed by atoms with Crippen molar-refractivity contribution in [2.75, 3.05) is 20.2 Å². The highest BCUT2D eigenvalue weighted by molar-refractivity contribution is 5.79. The molecule has 0 spiro atoms. The summed E-state index contributed by atoms with van der Waals surface area (Å²) in [6, 6.07) is 8.17. The Morgan fingerprint density at radius 1 is 1.25 bits per heavy atom. The van der Waals surface area contributed by atoms with Crippen LogP contribution in [0.15, 0.2) is 24.3 Å². The summed E-state index contributed by atoms with van der Waals surface area (Å²) in [6.45, 7) is 3.93. The molecule has 3 heteroatoms. The highest BCUT2D eigenvalue weighted by Crippen LogP contribution is 2.39. The van der Waals surface area contributed by atoms with Gasteiger partial charge in [-0.3, -0.25) is 4.79 Å². The molecule has 2 aliphatic rings. The zero-order chi connectivity index (χ0) is 14.1. The van der Waals surface area contributed by atoms with Gasteiger partial charge in [-0.2, -0.15) is 0 Å². The molecule has 1 saturated carbocycles. The van der Waals surface area contributed by atoms with Crippen LogP contribution in [0.25, 0.3) is 0 Å². The second-order valence-corrected chi connectivity index (χ2v) is 6.25. The van der Waals surface area contributed by atoms with E-state index in [1.54, 1.807) is 7.11 Å². The van der Waals surface area contributed by atoms with Crippen LogP contribution in [0.5, 0.6) is 0 Å². The maximum Gasteiger partial charge on any atom is 0.227 e. The van der Waals surface area contributed by atoms with E-state index in [0.717, 1.165) is 31.5 Å². The Morgan fingerprint density at radius 2 is 1.90 bits per heavy atom. The molecule has 1 unspecified atom stereocenters. The summed E-state index contributed by atoms with van der Waals surface area (Å²) in [5.41, 5.74) is 2.36. The van der Waals surface area contributed by atoms with Gasteiger partial charge in [0.2, 0.25) is 5.91 Å². The number of fused-ring (bicyclic) bond motifs is 1. The van der Waals surface area contributed by atoms with E-state index in [1.165, 1.54) is 5.56 Å². The molecule has 0 radical (unpaired) electrons. The van der Waals surface area contributed by atoms with E-state index in [9.17, 15) is 4.79 Å². The van der Waals surface area contributed by atoms with Crippen LogP contribution in [0, 0.1) is 18.8 Å². The third-order valence-electron chi connectivity index (χ3n) is 5.00. The van der Waals surface area contributed by atoms with Crippen molar-refractivity contribution in [1.82, 2.24) is 4.90 Å². The number of rotatable bonds is 3. The number of aryl methyl sites for hydroxylation is 1. The molecule has 1 heterocycles.